The number of hydrogen-bond acceptors (Lipinski definition) is 4. The van der Waals surface area contributed by atoms with E-state index >= 15 is 0 Å². The summed E-state index contributed by atoms with van der Waals surface area (Å²) in [6, 6.07) is 9.39. The highest BCUT2D eigenvalue weighted by Crippen LogP contribution is 2.18. The number of carbonyl (C=O) groups is 1. The average molecular weight is 279 g/mol. The Labute approximate surface area is 118 Å². The molecular weight excluding hydrogens is 258 g/mol. The van der Waals surface area contributed by atoms with Gasteiger partial charge in [-0.25, -0.2) is 4.79 Å². The van der Waals surface area contributed by atoms with E-state index in [0.29, 0.717) is 6.61 Å². The Morgan fingerprint density at radius 2 is 2.10 bits per heavy atom. The van der Waals surface area contributed by atoms with Crippen LogP contribution in [-0.2, 0) is 16.1 Å². The molecule has 2 N–H and O–H groups in total. The fraction of sp³-hybridized carbons (Fsp3) is 0.533. The van der Waals surface area contributed by atoms with E-state index < -0.39 is 18.2 Å². The highest BCUT2D eigenvalue weighted by atomic mass is 16.6. The number of hydrogen-bond donors (Lipinski definition) is 2. The molecule has 1 saturated heterocycles. The molecule has 0 radical (unpaired) electrons. The summed E-state index contributed by atoms with van der Waals surface area (Å²) in [6.07, 6.45) is -1.63. The maximum absolute atomic E-state index is 11.0. The van der Waals surface area contributed by atoms with E-state index in [4.69, 9.17) is 9.47 Å². The van der Waals surface area contributed by atoms with Crippen LogP contribution in [0.3, 0.4) is 0 Å². The summed E-state index contributed by atoms with van der Waals surface area (Å²) >= 11 is 0. The lowest BCUT2D eigenvalue weighted by Gasteiger charge is -2.29. The van der Waals surface area contributed by atoms with Crippen molar-refractivity contribution in [1.82, 2.24) is 5.32 Å². The summed E-state index contributed by atoms with van der Waals surface area (Å²) in [4.78, 5) is 11.0. The molecule has 1 aliphatic rings. The third-order valence-corrected chi connectivity index (χ3v) is 3.39. The molecule has 0 spiro atoms. The van der Waals surface area contributed by atoms with Gasteiger partial charge in [-0.05, 0) is 11.5 Å². The lowest BCUT2D eigenvalue weighted by Crippen LogP contribution is -2.48. The highest BCUT2D eigenvalue weighted by Gasteiger charge is 2.36. The Kier molecular flexibility index (Phi) is 4.98. The monoisotopic (exact) mass is 279 g/mol. The number of cyclic esters (lactones) is 1. The Hall–Kier alpha value is -1.59. The molecule has 0 aliphatic carbocycles. The van der Waals surface area contributed by atoms with Gasteiger partial charge in [-0.2, -0.15) is 0 Å². The van der Waals surface area contributed by atoms with Crippen LogP contribution in [0.1, 0.15) is 19.4 Å². The first-order chi connectivity index (χ1) is 9.58. The molecule has 5 heteroatoms. The van der Waals surface area contributed by atoms with Gasteiger partial charge in [0.2, 0.25) is 0 Å². The third-order valence-electron chi connectivity index (χ3n) is 3.39. The van der Waals surface area contributed by atoms with Gasteiger partial charge >= 0.3 is 6.09 Å². The van der Waals surface area contributed by atoms with E-state index in [0.717, 1.165) is 5.56 Å². The molecule has 0 bridgehead atoms. The van der Waals surface area contributed by atoms with Crippen LogP contribution in [0.25, 0.3) is 0 Å². The molecule has 5 nitrogen and oxygen atoms in total. The molecule has 1 fully saturated rings. The fourth-order valence-corrected chi connectivity index (χ4v) is 2.27. The van der Waals surface area contributed by atoms with E-state index in [-0.39, 0.29) is 18.6 Å². The maximum Gasteiger partial charge on any atom is 0.407 e. The van der Waals surface area contributed by atoms with Crippen molar-refractivity contribution in [3.63, 3.8) is 0 Å². The van der Waals surface area contributed by atoms with Crippen LogP contribution in [0, 0.1) is 5.92 Å². The number of benzene rings is 1. The minimum absolute atomic E-state index is 0.131. The van der Waals surface area contributed by atoms with Gasteiger partial charge in [0.1, 0.15) is 12.7 Å². The molecule has 0 unspecified atom stereocenters. The van der Waals surface area contributed by atoms with Gasteiger partial charge in [0.15, 0.2) is 0 Å². The minimum Gasteiger partial charge on any atom is -0.447 e. The van der Waals surface area contributed by atoms with Crippen molar-refractivity contribution in [3.8, 4) is 0 Å². The SMILES string of the molecule is CC(C)[C@@H](OCc1ccccc1)[C@H](O)[C@@H]1COC(=O)N1. The van der Waals surface area contributed by atoms with Crippen LogP contribution in [0.15, 0.2) is 30.3 Å². The summed E-state index contributed by atoms with van der Waals surface area (Å²) < 4.78 is 10.7. The highest BCUT2D eigenvalue weighted by molar-refractivity contribution is 5.69. The van der Waals surface area contributed by atoms with E-state index in [1.54, 1.807) is 0 Å². The average Bonchev–Trinajstić information content (AvgIpc) is 2.86. The standard InChI is InChI=1S/C15H21NO4/c1-10(2)14(13(17)12-9-20-15(18)16-12)19-8-11-6-4-3-5-7-11/h3-7,10,12-14,17H,8-9H2,1-2H3,(H,16,18)/t12-,13+,14+/m0/s1. The summed E-state index contributed by atoms with van der Waals surface area (Å²) in [5.41, 5.74) is 1.05. The topological polar surface area (TPSA) is 67.8 Å². The van der Waals surface area contributed by atoms with Crippen molar-refractivity contribution >= 4 is 6.09 Å². The first kappa shape index (κ1) is 14.8. The number of aliphatic hydroxyl groups is 1. The van der Waals surface area contributed by atoms with Crippen LogP contribution in [-0.4, -0.2) is 36.1 Å². The lowest BCUT2D eigenvalue weighted by molar-refractivity contribution is -0.0804. The molecule has 1 aromatic rings. The van der Waals surface area contributed by atoms with Gasteiger partial charge in [0.25, 0.3) is 0 Å². The number of nitrogens with one attached hydrogen (secondary N) is 1. The van der Waals surface area contributed by atoms with E-state index in [2.05, 4.69) is 5.32 Å². The van der Waals surface area contributed by atoms with Gasteiger partial charge in [-0.1, -0.05) is 44.2 Å². The van der Waals surface area contributed by atoms with Crippen LogP contribution < -0.4 is 5.32 Å². The zero-order chi connectivity index (χ0) is 14.5. The van der Waals surface area contributed by atoms with Crippen molar-refractivity contribution in [2.75, 3.05) is 6.61 Å². The molecule has 110 valence electrons. The number of aliphatic hydroxyl groups excluding tert-OH is 1. The summed E-state index contributed by atoms with van der Waals surface area (Å²) in [7, 11) is 0. The number of alkyl carbamates (subject to hydrolysis) is 1. The van der Waals surface area contributed by atoms with E-state index in [1.807, 2.05) is 44.2 Å². The third kappa shape index (κ3) is 3.71. The fourth-order valence-electron chi connectivity index (χ4n) is 2.27. The van der Waals surface area contributed by atoms with Crippen molar-refractivity contribution in [3.05, 3.63) is 35.9 Å². The van der Waals surface area contributed by atoms with Gasteiger partial charge in [-0.3, -0.25) is 0 Å². The summed E-state index contributed by atoms with van der Waals surface area (Å²) in [6.45, 7) is 4.58. The zero-order valence-corrected chi connectivity index (χ0v) is 11.8. The number of ether oxygens (including phenoxy) is 2. The maximum atomic E-state index is 11.0. The predicted molar refractivity (Wildman–Crippen MR) is 74.1 cm³/mol. The van der Waals surface area contributed by atoms with Crippen LogP contribution in [0.2, 0.25) is 0 Å². The first-order valence-electron chi connectivity index (χ1n) is 6.85. The van der Waals surface area contributed by atoms with E-state index in [9.17, 15) is 9.90 Å². The van der Waals surface area contributed by atoms with Crippen molar-refractivity contribution in [2.45, 2.75) is 38.7 Å². The van der Waals surface area contributed by atoms with Gasteiger partial charge in [-0.15, -0.1) is 0 Å². The zero-order valence-electron chi connectivity index (χ0n) is 11.8. The molecule has 20 heavy (non-hydrogen) atoms. The van der Waals surface area contributed by atoms with Crippen molar-refractivity contribution in [2.24, 2.45) is 5.92 Å². The first-order valence-corrected chi connectivity index (χ1v) is 6.85. The molecule has 0 aromatic heterocycles. The lowest BCUT2D eigenvalue weighted by atomic mass is 9.96. The molecule has 1 amide bonds. The molecule has 1 aliphatic heterocycles. The van der Waals surface area contributed by atoms with E-state index in [1.165, 1.54) is 0 Å². The molecule has 0 saturated carbocycles. The predicted octanol–water partition coefficient (Wildman–Crippen LogP) is 1.70. The van der Waals surface area contributed by atoms with Gasteiger partial charge < -0.3 is 19.9 Å². The Morgan fingerprint density at radius 1 is 1.40 bits per heavy atom. The van der Waals surface area contributed by atoms with Crippen LogP contribution >= 0.6 is 0 Å². The normalized spacial score (nSPS) is 21.4. The minimum atomic E-state index is -0.787. The molecule has 2 rings (SSSR count). The number of rotatable bonds is 6. The number of amides is 1. The molecule has 1 aromatic carbocycles. The smallest absolute Gasteiger partial charge is 0.407 e. The van der Waals surface area contributed by atoms with Gasteiger partial charge in [0, 0.05) is 0 Å². The molecular formula is C15H21NO4. The quantitative estimate of drug-likeness (QED) is 0.831. The second-order valence-corrected chi connectivity index (χ2v) is 5.35. The van der Waals surface area contributed by atoms with Crippen LogP contribution in [0.4, 0.5) is 4.79 Å². The number of carbonyl (C=O) groups excluding carboxylic acids is 1. The Bertz CT molecular complexity index is 435. The van der Waals surface area contributed by atoms with Gasteiger partial charge in [0.05, 0.1) is 18.8 Å². The second-order valence-electron chi connectivity index (χ2n) is 5.35. The Balaban J connectivity index is 1.94. The molecule has 1 heterocycles. The molecule has 3 atom stereocenters. The summed E-state index contributed by atoms with van der Waals surface area (Å²) in [5.74, 6) is 0.131. The largest absolute Gasteiger partial charge is 0.447 e. The summed E-state index contributed by atoms with van der Waals surface area (Å²) in [5, 5.41) is 13.0. The van der Waals surface area contributed by atoms with Crippen molar-refractivity contribution < 1.29 is 19.4 Å². The Morgan fingerprint density at radius 3 is 2.65 bits per heavy atom. The second kappa shape index (κ2) is 6.72. The van der Waals surface area contributed by atoms with Crippen LogP contribution in [0.5, 0.6) is 0 Å². The van der Waals surface area contributed by atoms with Crippen molar-refractivity contribution in [1.29, 1.82) is 0 Å².